The van der Waals surface area contributed by atoms with Crippen molar-refractivity contribution in [1.29, 1.82) is 0 Å². The van der Waals surface area contributed by atoms with Crippen LogP contribution in [0, 0.1) is 12.8 Å². The summed E-state index contributed by atoms with van der Waals surface area (Å²) in [5.74, 6) is 0.818. The molecule has 1 N–H and O–H groups in total. The molecule has 0 spiro atoms. The van der Waals surface area contributed by atoms with Crippen LogP contribution in [0.4, 0.5) is 5.69 Å². The van der Waals surface area contributed by atoms with Crippen molar-refractivity contribution in [3.63, 3.8) is 0 Å². The number of benzene rings is 1. The lowest BCUT2D eigenvalue weighted by Crippen LogP contribution is -2.40. The Kier molecular flexibility index (Phi) is 3.79. The summed E-state index contributed by atoms with van der Waals surface area (Å²) in [7, 11) is 1.90. The van der Waals surface area contributed by atoms with E-state index in [0.29, 0.717) is 24.4 Å². The van der Waals surface area contributed by atoms with Crippen LogP contribution in [0.3, 0.4) is 0 Å². The topological polar surface area (TPSA) is 32.3 Å². The number of nitrogens with one attached hydrogen (secondary N) is 1. The zero-order valence-corrected chi connectivity index (χ0v) is 12.4. The largest absolute Gasteiger partial charge is 0.315 e. The van der Waals surface area contributed by atoms with Crippen molar-refractivity contribution >= 4 is 11.6 Å². The molecule has 3 nitrogen and oxygen atoms in total. The van der Waals surface area contributed by atoms with Gasteiger partial charge in [0.15, 0.2) is 0 Å². The van der Waals surface area contributed by atoms with Gasteiger partial charge in [0, 0.05) is 31.2 Å². The van der Waals surface area contributed by atoms with Crippen molar-refractivity contribution in [3.8, 4) is 0 Å². The highest BCUT2D eigenvalue weighted by Crippen LogP contribution is 2.33. The van der Waals surface area contributed by atoms with E-state index >= 15 is 0 Å². The van der Waals surface area contributed by atoms with Crippen LogP contribution in [0.25, 0.3) is 0 Å². The maximum Gasteiger partial charge on any atom is 0.227 e. The summed E-state index contributed by atoms with van der Waals surface area (Å²) >= 11 is 0. The number of amides is 1. The lowest BCUT2D eigenvalue weighted by molar-refractivity contribution is -0.119. The molecule has 108 valence electrons. The van der Waals surface area contributed by atoms with Gasteiger partial charge in [0.05, 0.1) is 0 Å². The Labute approximate surface area is 121 Å². The molecular weight excluding hydrogens is 248 g/mol. The van der Waals surface area contributed by atoms with Gasteiger partial charge in [0.1, 0.15) is 0 Å². The lowest BCUT2D eigenvalue weighted by Gasteiger charge is -2.30. The molecule has 1 amide bonds. The van der Waals surface area contributed by atoms with Crippen molar-refractivity contribution in [1.82, 2.24) is 5.32 Å². The van der Waals surface area contributed by atoms with E-state index in [2.05, 4.69) is 18.3 Å². The van der Waals surface area contributed by atoms with Crippen molar-refractivity contribution in [2.45, 2.75) is 51.1 Å². The summed E-state index contributed by atoms with van der Waals surface area (Å²) in [6.45, 7) is 2.06. The number of aryl methyl sites for hydroxylation is 1. The Morgan fingerprint density at radius 1 is 1.25 bits per heavy atom. The molecule has 2 bridgehead atoms. The molecule has 0 radical (unpaired) electrons. The van der Waals surface area contributed by atoms with Crippen LogP contribution in [0.5, 0.6) is 0 Å². The molecule has 0 aliphatic carbocycles. The van der Waals surface area contributed by atoms with Gasteiger partial charge < -0.3 is 10.2 Å². The van der Waals surface area contributed by atoms with Crippen LogP contribution < -0.4 is 10.2 Å². The summed E-state index contributed by atoms with van der Waals surface area (Å²) in [5.41, 5.74) is 2.20. The molecule has 2 fully saturated rings. The maximum absolute atomic E-state index is 12.5. The third-order valence-corrected chi connectivity index (χ3v) is 4.88. The van der Waals surface area contributed by atoms with Gasteiger partial charge >= 0.3 is 0 Å². The van der Waals surface area contributed by atoms with Crippen LogP contribution in [-0.4, -0.2) is 25.0 Å². The summed E-state index contributed by atoms with van der Waals surface area (Å²) in [6, 6.07) is 9.42. The molecular formula is C17H24N2O. The van der Waals surface area contributed by atoms with Gasteiger partial charge in [0.2, 0.25) is 5.91 Å². The van der Waals surface area contributed by atoms with Gasteiger partial charge in [-0.2, -0.15) is 0 Å². The number of anilines is 1. The van der Waals surface area contributed by atoms with E-state index in [1.54, 1.807) is 0 Å². The molecule has 2 unspecified atom stereocenters. The van der Waals surface area contributed by atoms with E-state index in [1.807, 2.05) is 30.1 Å². The Morgan fingerprint density at radius 2 is 1.90 bits per heavy atom. The zero-order valence-electron chi connectivity index (χ0n) is 12.4. The number of carbonyl (C=O) groups is 1. The second-order valence-corrected chi connectivity index (χ2v) is 6.42. The van der Waals surface area contributed by atoms with E-state index in [0.717, 1.165) is 11.3 Å². The van der Waals surface area contributed by atoms with Gasteiger partial charge in [0.25, 0.3) is 0 Å². The second-order valence-electron chi connectivity index (χ2n) is 6.42. The van der Waals surface area contributed by atoms with E-state index in [1.165, 1.54) is 25.7 Å². The number of hydrogen-bond acceptors (Lipinski definition) is 2. The molecule has 2 aliphatic heterocycles. The Bertz CT molecular complexity index is 488. The van der Waals surface area contributed by atoms with Crippen molar-refractivity contribution in [3.05, 3.63) is 29.8 Å². The van der Waals surface area contributed by atoms with E-state index in [4.69, 9.17) is 0 Å². The third-order valence-electron chi connectivity index (χ3n) is 4.88. The minimum Gasteiger partial charge on any atom is -0.315 e. The molecule has 2 heterocycles. The molecule has 0 aromatic heterocycles. The number of hydrogen-bond donors (Lipinski definition) is 1. The highest BCUT2D eigenvalue weighted by Gasteiger charge is 2.34. The number of carbonyl (C=O) groups excluding carboxylic acids is 1. The van der Waals surface area contributed by atoms with E-state index < -0.39 is 0 Å². The van der Waals surface area contributed by atoms with Gasteiger partial charge in [-0.25, -0.2) is 0 Å². The second kappa shape index (κ2) is 5.57. The predicted molar refractivity (Wildman–Crippen MR) is 81.9 cm³/mol. The number of fused-ring (bicyclic) bond motifs is 2. The first-order valence-corrected chi connectivity index (χ1v) is 7.71. The summed E-state index contributed by atoms with van der Waals surface area (Å²) in [5, 5.41) is 3.64. The first-order valence-electron chi connectivity index (χ1n) is 7.71. The molecule has 2 saturated heterocycles. The van der Waals surface area contributed by atoms with Crippen LogP contribution in [0.15, 0.2) is 24.3 Å². The number of nitrogens with zero attached hydrogens (tertiary/aromatic N) is 1. The highest BCUT2D eigenvalue weighted by atomic mass is 16.2. The standard InChI is InChI=1S/C17H24N2O/c1-12-5-3-4-6-16(12)19(2)17(20)11-13-9-14-7-8-15(10-13)18-14/h3-6,13-15,18H,7-11H2,1-2H3. The fourth-order valence-electron chi connectivity index (χ4n) is 3.80. The number of rotatable bonds is 3. The highest BCUT2D eigenvalue weighted by molar-refractivity contribution is 5.93. The van der Waals surface area contributed by atoms with Gasteiger partial charge in [-0.15, -0.1) is 0 Å². The van der Waals surface area contributed by atoms with E-state index in [9.17, 15) is 4.79 Å². The van der Waals surface area contributed by atoms with Crippen molar-refractivity contribution in [2.75, 3.05) is 11.9 Å². The molecule has 20 heavy (non-hydrogen) atoms. The van der Waals surface area contributed by atoms with Crippen molar-refractivity contribution in [2.24, 2.45) is 5.92 Å². The normalized spacial score (nSPS) is 28.4. The van der Waals surface area contributed by atoms with Crippen LogP contribution in [-0.2, 0) is 4.79 Å². The minimum absolute atomic E-state index is 0.255. The summed E-state index contributed by atoms with van der Waals surface area (Å²) in [4.78, 5) is 14.3. The first-order chi connectivity index (χ1) is 9.63. The van der Waals surface area contributed by atoms with Crippen LogP contribution >= 0.6 is 0 Å². The quantitative estimate of drug-likeness (QED) is 0.917. The van der Waals surface area contributed by atoms with Crippen molar-refractivity contribution < 1.29 is 4.79 Å². The molecule has 0 saturated carbocycles. The van der Waals surface area contributed by atoms with Gasteiger partial charge in [-0.3, -0.25) is 4.79 Å². The SMILES string of the molecule is Cc1ccccc1N(C)C(=O)CC1CC2CCC(C1)N2. The fraction of sp³-hybridized carbons (Fsp3) is 0.588. The van der Waals surface area contributed by atoms with E-state index in [-0.39, 0.29) is 5.91 Å². The van der Waals surface area contributed by atoms with Crippen LogP contribution in [0.2, 0.25) is 0 Å². The Morgan fingerprint density at radius 3 is 2.55 bits per heavy atom. The average molecular weight is 272 g/mol. The molecule has 3 heteroatoms. The Hall–Kier alpha value is -1.35. The number of piperidine rings is 1. The monoisotopic (exact) mass is 272 g/mol. The summed E-state index contributed by atoms with van der Waals surface area (Å²) in [6.07, 6.45) is 5.62. The summed E-state index contributed by atoms with van der Waals surface area (Å²) < 4.78 is 0. The molecule has 2 aliphatic rings. The first kappa shape index (κ1) is 13.6. The maximum atomic E-state index is 12.5. The molecule has 1 aromatic rings. The minimum atomic E-state index is 0.255. The predicted octanol–water partition coefficient (Wildman–Crippen LogP) is 2.88. The Balaban J connectivity index is 1.63. The van der Waals surface area contributed by atoms with Gasteiger partial charge in [-0.1, -0.05) is 18.2 Å². The fourth-order valence-corrected chi connectivity index (χ4v) is 3.80. The zero-order chi connectivity index (χ0) is 14.1. The smallest absolute Gasteiger partial charge is 0.227 e. The molecule has 3 rings (SSSR count). The lowest BCUT2D eigenvalue weighted by atomic mass is 9.89. The van der Waals surface area contributed by atoms with Gasteiger partial charge in [-0.05, 0) is 50.2 Å². The molecule has 2 atom stereocenters. The third kappa shape index (κ3) is 2.73. The average Bonchev–Trinajstić information content (AvgIpc) is 2.77. The molecule has 1 aromatic carbocycles. The van der Waals surface area contributed by atoms with Crippen LogP contribution in [0.1, 0.15) is 37.7 Å². The number of para-hydroxylation sites is 1.